The fourth-order valence-corrected chi connectivity index (χ4v) is 5.47. The van der Waals surface area contributed by atoms with E-state index in [0.717, 1.165) is 34.2 Å². The number of rotatable bonds is 9. The van der Waals surface area contributed by atoms with Gasteiger partial charge < -0.3 is 14.2 Å². The zero-order valence-electron chi connectivity index (χ0n) is 20.5. The van der Waals surface area contributed by atoms with E-state index in [-0.39, 0.29) is 24.3 Å². The van der Waals surface area contributed by atoms with Crippen molar-refractivity contribution in [3.63, 3.8) is 0 Å². The van der Waals surface area contributed by atoms with Crippen molar-refractivity contribution in [1.29, 1.82) is 0 Å². The van der Waals surface area contributed by atoms with Gasteiger partial charge in [0.1, 0.15) is 19.0 Å². The highest BCUT2D eigenvalue weighted by molar-refractivity contribution is 9.13. The lowest BCUT2D eigenvalue weighted by atomic mass is 10.1. The number of carbonyl (C=O) groups is 2. The molecular weight excluding hydrogens is 622 g/mol. The summed E-state index contributed by atoms with van der Waals surface area (Å²) in [5.41, 5.74) is 3.78. The van der Waals surface area contributed by atoms with Crippen LogP contribution >= 0.6 is 43.6 Å². The highest BCUT2D eigenvalue weighted by atomic mass is 79.9. The molecule has 0 unspecified atom stereocenters. The molecular formula is C28H25Br2NO5S. The Kier molecular flexibility index (Phi) is 9.00. The summed E-state index contributed by atoms with van der Waals surface area (Å²) >= 11 is 8.08. The average Bonchev–Trinajstić information content (AvgIpc) is 3.16. The van der Waals surface area contributed by atoms with Crippen LogP contribution in [0.15, 0.2) is 68.4 Å². The highest BCUT2D eigenvalue weighted by Gasteiger charge is 2.35. The van der Waals surface area contributed by atoms with Gasteiger partial charge >= 0.3 is 0 Å². The third-order valence-corrected chi connectivity index (χ3v) is 8.73. The second kappa shape index (κ2) is 12.2. The molecule has 3 aromatic rings. The molecule has 0 saturated carbocycles. The van der Waals surface area contributed by atoms with Gasteiger partial charge in [-0.1, -0.05) is 42.5 Å². The fraction of sp³-hybridized carbons (Fsp3) is 0.214. The zero-order valence-corrected chi connectivity index (χ0v) is 24.5. The predicted molar refractivity (Wildman–Crippen MR) is 153 cm³/mol. The van der Waals surface area contributed by atoms with Crippen LogP contribution in [0.3, 0.4) is 0 Å². The molecule has 1 saturated heterocycles. The number of amides is 2. The van der Waals surface area contributed by atoms with E-state index in [1.54, 1.807) is 19.3 Å². The SMILES string of the molecule is COc1cc(/C=C2\SC(=O)N(CCOc3cc(C)ccc3C)C2=O)c(Br)c(Br)c1OCc1ccccc1. The second-order valence-corrected chi connectivity index (χ2v) is 10.9. The Labute approximate surface area is 237 Å². The standard InChI is InChI=1S/C28H25Br2NO5S/c1-17-9-10-18(2)21(13-17)35-12-11-31-27(32)23(37-28(31)33)15-20-14-22(34-3)26(25(30)24(20)29)36-16-19-7-5-4-6-8-19/h4-10,13-15H,11-12,16H2,1-3H3/b23-15-. The second-order valence-electron chi connectivity index (χ2n) is 8.35. The van der Waals surface area contributed by atoms with Crippen LogP contribution in [-0.2, 0) is 11.4 Å². The maximum atomic E-state index is 13.0. The third-order valence-electron chi connectivity index (χ3n) is 5.68. The number of methoxy groups -OCH3 is 1. The van der Waals surface area contributed by atoms with Crippen molar-refractivity contribution in [3.05, 3.63) is 90.7 Å². The van der Waals surface area contributed by atoms with Crippen LogP contribution in [0.2, 0.25) is 0 Å². The lowest BCUT2D eigenvalue weighted by Gasteiger charge is -2.16. The fourth-order valence-electron chi connectivity index (χ4n) is 3.67. The lowest BCUT2D eigenvalue weighted by molar-refractivity contribution is -0.123. The Balaban J connectivity index is 1.49. The molecule has 0 bridgehead atoms. The van der Waals surface area contributed by atoms with Crippen LogP contribution in [0.1, 0.15) is 22.3 Å². The lowest BCUT2D eigenvalue weighted by Crippen LogP contribution is -2.32. The molecule has 4 rings (SSSR count). The van der Waals surface area contributed by atoms with Crippen molar-refractivity contribution < 1.29 is 23.8 Å². The molecule has 192 valence electrons. The highest BCUT2D eigenvalue weighted by Crippen LogP contribution is 2.44. The molecule has 2 amide bonds. The summed E-state index contributed by atoms with van der Waals surface area (Å²) in [5, 5.41) is -0.328. The molecule has 0 radical (unpaired) electrons. The first-order valence-electron chi connectivity index (χ1n) is 11.5. The largest absolute Gasteiger partial charge is 0.493 e. The summed E-state index contributed by atoms with van der Waals surface area (Å²) in [4.78, 5) is 27.2. The van der Waals surface area contributed by atoms with Crippen molar-refractivity contribution in [2.75, 3.05) is 20.3 Å². The number of nitrogens with zero attached hydrogens (tertiary/aromatic N) is 1. The summed E-state index contributed by atoms with van der Waals surface area (Å²) in [6.45, 7) is 4.69. The minimum Gasteiger partial charge on any atom is -0.493 e. The van der Waals surface area contributed by atoms with E-state index in [4.69, 9.17) is 14.2 Å². The Morgan fingerprint density at radius 2 is 1.70 bits per heavy atom. The van der Waals surface area contributed by atoms with Crippen molar-refractivity contribution in [2.45, 2.75) is 20.5 Å². The topological polar surface area (TPSA) is 65.1 Å². The Hall–Kier alpha value is -2.75. The van der Waals surface area contributed by atoms with Gasteiger partial charge in [0.25, 0.3) is 11.1 Å². The maximum absolute atomic E-state index is 13.0. The molecule has 1 fully saturated rings. The first kappa shape index (κ1) is 27.3. The van der Waals surface area contributed by atoms with Crippen LogP contribution in [0.25, 0.3) is 6.08 Å². The van der Waals surface area contributed by atoms with Crippen molar-refractivity contribution in [1.82, 2.24) is 4.90 Å². The van der Waals surface area contributed by atoms with Crippen LogP contribution in [0.4, 0.5) is 4.79 Å². The number of ether oxygens (including phenoxy) is 3. The van der Waals surface area contributed by atoms with Crippen molar-refractivity contribution in [3.8, 4) is 17.2 Å². The Bertz CT molecular complexity index is 1360. The van der Waals surface area contributed by atoms with Gasteiger partial charge in [-0.2, -0.15) is 0 Å². The first-order chi connectivity index (χ1) is 17.8. The molecule has 1 aliphatic heterocycles. The van der Waals surface area contributed by atoms with E-state index >= 15 is 0 Å². The van der Waals surface area contributed by atoms with Gasteiger partial charge in [-0.15, -0.1) is 0 Å². The Morgan fingerprint density at radius 3 is 2.43 bits per heavy atom. The van der Waals surface area contributed by atoms with E-state index in [1.165, 1.54) is 4.90 Å². The van der Waals surface area contributed by atoms with E-state index in [1.807, 2.05) is 62.4 Å². The number of halogens is 2. The zero-order chi connectivity index (χ0) is 26.5. The van der Waals surface area contributed by atoms with Crippen LogP contribution in [0, 0.1) is 13.8 Å². The van der Waals surface area contributed by atoms with Gasteiger partial charge in [0.05, 0.1) is 23.0 Å². The van der Waals surface area contributed by atoms with Crippen LogP contribution < -0.4 is 14.2 Å². The summed E-state index contributed by atoms with van der Waals surface area (Å²) in [6, 6.07) is 17.5. The van der Waals surface area contributed by atoms with Gasteiger partial charge in [-0.05, 0) is 97.9 Å². The maximum Gasteiger partial charge on any atom is 0.293 e. The van der Waals surface area contributed by atoms with Gasteiger partial charge in [-0.25, -0.2) is 0 Å². The molecule has 1 aliphatic rings. The van der Waals surface area contributed by atoms with Gasteiger partial charge in [0.2, 0.25) is 0 Å². The van der Waals surface area contributed by atoms with E-state index in [9.17, 15) is 9.59 Å². The predicted octanol–water partition coefficient (Wildman–Crippen LogP) is 7.53. The summed E-state index contributed by atoms with van der Waals surface area (Å²) in [6.07, 6.45) is 1.68. The molecule has 3 aromatic carbocycles. The summed E-state index contributed by atoms with van der Waals surface area (Å²) in [5.74, 6) is 1.43. The van der Waals surface area contributed by atoms with Crippen LogP contribution in [0.5, 0.6) is 17.2 Å². The Morgan fingerprint density at radius 1 is 0.946 bits per heavy atom. The smallest absolute Gasteiger partial charge is 0.293 e. The quantitative estimate of drug-likeness (QED) is 0.224. The average molecular weight is 647 g/mol. The first-order valence-corrected chi connectivity index (χ1v) is 13.9. The minimum atomic E-state index is -0.356. The molecule has 6 nitrogen and oxygen atoms in total. The molecule has 1 heterocycles. The molecule has 37 heavy (non-hydrogen) atoms. The van der Waals surface area contributed by atoms with E-state index < -0.39 is 0 Å². The minimum absolute atomic E-state index is 0.163. The van der Waals surface area contributed by atoms with Crippen molar-refractivity contribution >= 4 is 60.8 Å². The van der Waals surface area contributed by atoms with Crippen molar-refractivity contribution in [2.24, 2.45) is 0 Å². The van der Waals surface area contributed by atoms with Crippen LogP contribution in [-0.4, -0.2) is 36.3 Å². The van der Waals surface area contributed by atoms with Gasteiger partial charge in [-0.3, -0.25) is 14.5 Å². The number of benzene rings is 3. The number of thioether (sulfide) groups is 1. The molecule has 0 N–H and O–H groups in total. The molecule has 9 heteroatoms. The van der Waals surface area contributed by atoms with E-state index in [2.05, 4.69) is 31.9 Å². The molecule has 0 atom stereocenters. The molecule has 0 aliphatic carbocycles. The summed E-state index contributed by atoms with van der Waals surface area (Å²) in [7, 11) is 1.55. The number of aryl methyl sites for hydroxylation is 2. The molecule has 0 spiro atoms. The number of hydrogen-bond acceptors (Lipinski definition) is 6. The normalized spacial score (nSPS) is 14.4. The number of hydrogen-bond donors (Lipinski definition) is 0. The number of imide groups is 1. The molecule has 0 aromatic heterocycles. The number of carbonyl (C=O) groups excluding carboxylic acids is 2. The van der Waals surface area contributed by atoms with Gasteiger partial charge in [0.15, 0.2) is 11.5 Å². The summed E-state index contributed by atoms with van der Waals surface area (Å²) < 4.78 is 18.8. The monoisotopic (exact) mass is 645 g/mol. The third kappa shape index (κ3) is 6.40. The van der Waals surface area contributed by atoms with Gasteiger partial charge in [0, 0.05) is 4.47 Å². The van der Waals surface area contributed by atoms with E-state index in [0.29, 0.717) is 37.5 Å².